The molecule has 27 heavy (non-hydrogen) atoms. The maximum absolute atomic E-state index is 13.0. The van der Waals surface area contributed by atoms with Gasteiger partial charge in [0, 0.05) is 30.6 Å². The van der Waals surface area contributed by atoms with Crippen LogP contribution in [-0.4, -0.2) is 39.3 Å². The quantitative estimate of drug-likeness (QED) is 0.706. The molecule has 1 fully saturated rings. The number of hydrogen-bond donors (Lipinski definition) is 0. The van der Waals surface area contributed by atoms with E-state index in [0.717, 1.165) is 18.4 Å². The number of hydrogen-bond acceptors (Lipinski definition) is 7. The van der Waals surface area contributed by atoms with Gasteiger partial charge in [0.05, 0.1) is 6.04 Å². The van der Waals surface area contributed by atoms with E-state index in [-0.39, 0.29) is 24.4 Å². The first-order valence-electron chi connectivity index (χ1n) is 8.74. The van der Waals surface area contributed by atoms with E-state index < -0.39 is 0 Å². The lowest BCUT2D eigenvalue weighted by Crippen LogP contribution is -2.31. The number of benzene rings is 1. The molecule has 0 N–H and O–H groups in total. The molecule has 3 aromatic rings. The molecule has 0 aliphatic carbocycles. The van der Waals surface area contributed by atoms with Crippen LogP contribution in [0.3, 0.4) is 0 Å². The van der Waals surface area contributed by atoms with Crippen molar-refractivity contribution in [3.8, 4) is 22.8 Å². The van der Waals surface area contributed by atoms with Crippen molar-refractivity contribution in [2.75, 3.05) is 13.3 Å². The summed E-state index contributed by atoms with van der Waals surface area (Å²) in [6.45, 7) is 0.852. The van der Waals surface area contributed by atoms with Gasteiger partial charge in [0.15, 0.2) is 28.8 Å². The van der Waals surface area contributed by atoms with Crippen molar-refractivity contribution < 1.29 is 18.8 Å². The molecular formula is C19H16N4O4. The normalized spacial score (nSPS) is 18.1. The van der Waals surface area contributed by atoms with Crippen molar-refractivity contribution in [3.05, 3.63) is 54.2 Å². The summed E-state index contributed by atoms with van der Waals surface area (Å²) in [5, 5.41) is 3.98. The number of carbonyl (C=O) groups excluding carboxylic acids is 1. The number of likely N-dealkylation sites (tertiary alicyclic amines) is 1. The topological polar surface area (TPSA) is 90.6 Å². The molecule has 1 saturated heterocycles. The summed E-state index contributed by atoms with van der Waals surface area (Å²) in [7, 11) is 0. The Kier molecular flexibility index (Phi) is 3.74. The molecule has 136 valence electrons. The van der Waals surface area contributed by atoms with Gasteiger partial charge >= 0.3 is 0 Å². The third-order valence-corrected chi connectivity index (χ3v) is 4.78. The largest absolute Gasteiger partial charge is 0.454 e. The fourth-order valence-electron chi connectivity index (χ4n) is 3.47. The summed E-state index contributed by atoms with van der Waals surface area (Å²) < 4.78 is 16.1. The predicted molar refractivity (Wildman–Crippen MR) is 93.1 cm³/mol. The predicted octanol–water partition coefficient (Wildman–Crippen LogP) is 2.84. The second-order valence-corrected chi connectivity index (χ2v) is 6.41. The van der Waals surface area contributed by atoms with E-state index in [2.05, 4.69) is 15.1 Å². The standard InChI is InChI=1S/C19H16N4O4/c24-19(23-8-1-3-14(23)18-20-6-2-7-21-18)13-10-16(27-22-13)12-4-5-15-17(9-12)26-11-25-15/h2,4-7,9-10,14H,1,3,8,11H2. The highest BCUT2D eigenvalue weighted by molar-refractivity contribution is 5.93. The molecular weight excluding hydrogens is 348 g/mol. The highest BCUT2D eigenvalue weighted by atomic mass is 16.7. The molecule has 0 bridgehead atoms. The maximum Gasteiger partial charge on any atom is 0.276 e. The first-order chi connectivity index (χ1) is 13.3. The van der Waals surface area contributed by atoms with Gasteiger partial charge in [-0.3, -0.25) is 4.79 Å². The van der Waals surface area contributed by atoms with Crippen LogP contribution < -0.4 is 9.47 Å². The van der Waals surface area contributed by atoms with Gasteiger partial charge < -0.3 is 18.9 Å². The van der Waals surface area contributed by atoms with Crippen LogP contribution in [0.25, 0.3) is 11.3 Å². The Morgan fingerprint density at radius 2 is 1.96 bits per heavy atom. The molecule has 2 aliphatic heterocycles. The smallest absolute Gasteiger partial charge is 0.276 e. The molecule has 1 amide bonds. The summed E-state index contributed by atoms with van der Waals surface area (Å²) in [4.78, 5) is 23.3. The van der Waals surface area contributed by atoms with Crippen LogP contribution in [0.1, 0.15) is 35.2 Å². The molecule has 8 nitrogen and oxygen atoms in total. The van der Waals surface area contributed by atoms with E-state index >= 15 is 0 Å². The summed E-state index contributed by atoms with van der Waals surface area (Å²) in [6.07, 6.45) is 5.12. The van der Waals surface area contributed by atoms with E-state index in [1.165, 1.54) is 0 Å². The molecule has 4 heterocycles. The van der Waals surface area contributed by atoms with Crippen LogP contribution in [0.15, 0.2) is 47.2 Å². The van der Waals surface area contributed by atoms with Gasteiger partial charge in [-0.2, -0.15) is 0 Å². The zero-order valence-corrected chi connectivity index (χ0v) is 14.4. The molecule has 0 spiro atoms. The van der Waals surface area contributed by atoms with Gasteiger partial charge in [0.25, 0.3) is 5.91 Å². The lowest BCUT2D eigenvalue weighted by Gasteiger charge is -2.22. The minimum absolute atomic E-state index is 0.135. The Labute approximate surface area is 154 Å². The summed E-state index contributed by atoms with van der Waals surface area (Å²) >= 11 is 0. The monoisotopic (exact) mass is 364 g/mol. The molecule has 2 aliphatic rings. The van der Waals surface area contributed by atoms with Gasteiger partial charge in [0.1, 0.15) is 0 Å². The Balaban J connectivity index is 1.40. The van der Waals surface area contributed by atoms with Crippen LogP contribution in [0.2, 0.25) is 0 Å². The maximum atomic E-state index is 13.0. The zero-order chi connectivity index (χ0) is 18.2. The van der Waals surface area contributed by atoms with Crippen molar-refractivity contribution in [3.63, 3.8) is 0 Å². The van der Waals surface area contributed by atoms with Crippen LogP contribution in [-0.2, 0) is 0 Å². The molecule has 1 atom stereocenters. The minimum atomic E-state index is -0.180. The molecule has 5 rings (SSSR count). The van der Waals surface area contributed by atoms with Gasteiger partial charge in [-0.15, -0.1) is 0 Å². The summed E-state index contributed by atoms with van der Waals surface area (Å²) in [5.41, 5.74) is 1.04. The van der Waals surface area contributed by atoms with Crippen molar-refractivity contribution in [2.45, 2.75) is 18.9 Å². The van der Waals surface area contributed by atoms with Gasteiger partial charge in [-0.05, 0) is 37.1 Å². The van der Waals surface area contributed by atoms with Gasteiger partial charge in [-0.25, -0.2) is 9.97 Å². The molecule has 8 heteroatoms. The minimum Gasteiger partial charge on any atom is -0.454 e. The van der Waals surface area contributed by atoms with E-state index in [0.29, 0.717) is 29.6 Å². The molecule has 2 aromatic heterocycles. The lowest BCUT2D eigenvalue weighted by molar-refractivity contribution is 0.0719. The molecule has 0 radical (unpaired) electrons. The van der Waals surface area contributed by atoms with Crippen LogP contribution in [0, 0.1) is 0 Å². The molecule has 1 aromatic carbocycles. The van der Waals surface area contributed by atoms with Crippen LogP contribution in [0.5, 0.6) is 11.5 Å². The first kappa shape index (κ1) is 15.8. The van der Waals surface area contributed by atoms with Gasteiger partial charge in [-0.1, -0.05) is 5.16 Å². The number of ether oxygens (including phenoxy) is 2. The van der Waals surface area contributed by atoms with Crippen molar-refractivity contribution >= 4 is 5.91 Å². The van der Waals surface area contributed by atoms with Crippen molar-refractivity contribution in [1.82, 2.24) is 20.0 Å². The van der Waals surface area contributed by atoms with Crippen molar-refractivity contribution in [2.24, 2.45) is 0 Å². The van der Waals surface area contributed by atoms with Crippen LogP contribution >= 0.6 is 0 Å². The summed E-state index contributed by atoms with van der Waals surface area (Å²) in [6, 6.07) is 8.75. The van der Waals surface area contributed by atoms with E-state index in [1.807, 2.05) is 18.2 Å². The number of carbonyl (C=O) groups is 1. The van der Waals surface area contributed by atoms with Crippen LogP contribution in [0.4, 0.5) is 0 Å². The third kappa shape index (κ3) is 2.79. The van der Waals surface area contributed by atoms with E-state index in [9.17, 15) is 4.79 Å². The third-order valence-electron chi connectivity index (χ3n) is 4.78. The number of rotatable bonds is 3. The average Bonchev–Trinajstić information content (AvgIpc) is 3.47. The Morgan fingerprint density at radius 3 is 2.85 bits per heavy atom. The highest BCUT2D eigenvalue weighted by Crippen LogP contribution is 2.36. The highest BCUT2D eigenvalue weighted by Gasteiger charge is 2.33. The van der Waals surface area contributed by atoms with E-state index in [4.69, 9.17) is 14.0 Å². The lowest BCUT2D eigenvalue weighted by atomic mass is 10.1. The SMILES string of the molecule is O=C(c1cc(-c2ccc3c(c2)OCO3)on1)N1CCCC1c1ncccn1. The average molecular weight is 364 g/mol. The zero-order valence-electron chi connectivity index (χ0n) is 14.4. The number of fused-ring (bicyclic) bond motifs is 1. The second-order valence-electron chi connectivity index (χ2n) is 6.41. The number of aromatic nitrogens is 3. The fraction of sp³-hybridized carbons (Fsp3) is 0.263. The first-order valence-corrected chi connectivity index (χ1v) is 8.74. The summed E-state index contributed by atoms with van der Waals surface area (Å²) in [5.74, 6) is 2.32. The molecule has 1 unspecified atom stereocenters. The van der Waals surface area contributed by atoms with E-state index in [1.54, 1.807) is 29.4 Å². The number of nitrogens with zero attached hydrogens (tertiary/aromatic N) is 4. The van der Waals surface area contributed by atoms with Crippen molar-refractivity contribution in [1.29, 1.82) is 0 Å². The number of amides is 1. The molecule has 0 saturated carbocycles. The van der Waals surface area contributed by atoms with Gasteiger partial charge in [0.2, 0.25) is 6.79 Å². The Morgan fingerprint density at radius 1 is 1.11 bits per heavy atom. The Bertz CT molecular complexity index is 988. The Hall–Kier alpha value is -3.42. The fourth-order valence-corrected chi connectivity index (χ4v) is 3.47. The second kappa shape index (κ2) is 6.39.